The van der Waals surface area contributed by atoms with Crippen LogP contribution < -0.4 is 14.8 Å². The zero-order valence-electron chi connectivity index (χ0n) is 14.0. The van der Waals surface area contributed by atoms with Crippen molar-refractivity contribution < 1.29 is 14.3 Å². The summed E-state index contributed by atoms with van der Waals surface area (Å²) in [5.41, 5.74) is 1.06. The third-order valence-corrected chi connectivity index (χ3v) is 5.70. The largest absolute Gasteiger partial charge is 0.454 e. The molecular weight excluding hydrogens is 318 g/mol. The number of carbonyl (C=O) groups excluding carboxylic acids is 1. The van der Waals surface area contributed by atoms with E-state index in [-0.39, 0.29) is 18.6 Å². The number of nitrogens with one attached hydrogen (secondary N) is 1. The Kier molecular flexibility index (Phi) is 3.43. The zero-order valence-corrected chi connectivity index (χ0v) is 14.0. The second-order valence-electron chi connectivity index (χ2n) is 7.19. The van der Waals surface area contributed by atoms with Gasteiger partial charge in [0.05, 0.1) is 12.7 Å². The lowest BCUT2D eigenvalue weighted by Gasteiger charge is -2.09. The maximum Gasteiger partial charge on any atom is 0.231 e. The predicted octanol–water partition coefficient (Wildman–Crippen LogP) is 3.03. The smallest absolute Gasteiger partial charge is 0.231 e. The number of carbonyl (C=O) groups is 1. The molecule has 1 aromatic heterocycles. The first-order valence-electron chi connectivity index (χ1n) is 9.01. The van der Waals surface area contributed by atoms with Crippen molar-refractivity contribution in [3.05, 3.63) is 36.0 Å². The Bertz CT molecular complexity index is 804. The average molecular weight is 339 g/mol. The van der Waals surface area contributed by atoms with Crippen LogP contribution in [0.4, 0.5) is 5.82 Å². The lowest BCUT2D eigenvalue weighted by atomic mass is 10.0. The topological polar surface area (TPSA) is 65.4 Å². The van der Waals surface area contributed by atoms with Crippen LogP contribution >= 0.6 is 0 Å². The average Bonchev–Trinajstić information content (AvgIpc) is 2.92. The summed E-state index contributed by atoms with van der Waals surface area (Å²) in [5.74, 6) is 3.87. The van der Waals surface area contributed by atoms with Gasteiger partial charge in [0, 0.05) is 12.0 Å². The first-order chi connectivity index (χ1) is 12.3. The molecule has 1 amide bonds. The van der Waals surface area contributed by atoms with Crippen molar-refractivity contribution >= 4 is 11.7 Å². The molecule has 2 aromatic rings. The van der Waals surface area contributed by atoms with Crippen LogP contribution in [0.5, 0.6) is 11.5 Å². The first-order valence-corrected chi connectivity index (χ1v) is 9.01. The van der Waals surface area contributed by atoms with Crippen molar-refractivity contribution in [3.63, 3.8) is 0 Å². The van der Waals surface area contributed by atoms with Gasteiger partial charge in [-0.15, -0.1) is 0 Å². The van der Waals surface area contributed by atoms with E-state index in [1.54, 1.807) is 6.20 Å². The number of fused-ring (bicyclic) bond motifs is 2. The fraction of sp³-hybridized carbons (Fsp3) is 0.474. The number of benzene rings is 1. The number of aromatic nitrogens is 2. The van der Waals surface area contributed by atoms with Crippen LogP contribution in [0.25, 0.3) is 0 Å². The minimum atomic E-state index is 0.157. The molecule has 6 nitrogen and oxygen atoms in total. The van der Waals surface area contributed by atoms with Crippen molar-refractivity contribution in [3.8, 4) is 11.5 Å². The molecule has 1 N–H and O–H groups in total. The molecule has 1 aliphatic heterocycles. The normalized spacial score (nSPS) is 26.2. The standard InChI is InChI=1S/C19H21N3O3/c23-19(18-13-3-1-2-4-14(13)18)21-17-7-8-20-22(17)10-12-5-6-15-16(9-12)25-11-24-15/h5-9,13-14,18H,1-4,10-11H2,(H,21,23)/t13-,14-/m0/s1. The number of hydrogen-bond acceptors (Lipinski definition) is 4. The van der Waals surface area contributed by atoms with Crippen LogP contribution in [0.3, 0.4) is 0 Å². The van der Waals surface area contributed by atoms with E-state index < -0.39 is 0 Å². The number of rotatable bonds is 4. The van der Waals surface area contributed by atoms with Gasteiger partial charge in [0.15, 0.2) is 11.5 Å². The van der Waals surface area contributed by atoms with Gasteiger partial charge in [0.1, 0.15) is 5.82 Å². The van der Waals surface area contributed by atoms with Gasteiger partial charge in [-0.05, 0) is 42.4 Å². The van der Waals surface area contributed by atoms with Gasteiger partial charge in [-0.2, -0.15) is 5.10 Å². The van der Waals surface area contributed by atoms with E-state index in [0.29, 0.717) is 18.4 Å². The van der Waals surface area contributed by atoms with Crippen LogP contribution in [0.1, 0.15) is 31.2 Å². The first kappa shape index (κ1) is 14.8. The number of amides is 1. The van der Waals surface area contributed by atoms with Crippen LogP contribution in [-0.4, -0.2) is 22.5 Å². The molecule has 2 aliphatic carbocycles. The molecule has 0 unspecified atom stereocenters. The zero-order chi connectivity index (χ0) is 16.8. The lowest BCUT2D eigenvalue weighted by molar-refractivity contribution is -0.117. The summed E-state index contributed by atoms with van der Waals surface area (Å²) in [6, 6.07) is 7.73. The van der Waals surface area contributed by atoms with E-state index in [1.165, 1.54) is 25.7 Å². The number of nitrogens with zero attached hydrogens (tertiary/aromatic N) is 2. The quantitative estimate of drug-likeness (QED) is 0.930. The summed E-state index contributed by atoms with van der Waals surface area (Å²) < 4.78 is 12.6. The summed E-state index contributed by atoms with van der Waals surface area (Å²) in [6.45, 7) is 0.850. The third-order valence-electron chi connectivity index (χ3n) is 5.70. The Labute approximate surface area is 146 Å². The fourth-order valence-electron chi connectivity index (χ4n) is 4.37. The highest BCUT2D eigenvalue weighted by Gasteiger charge is 2.54. The van der Waals surface area contributed by atoms with Gasteiger partial charge in [0.25, 0.3) is 0 Å². The third kappa shape index (κ3) is 2.65. The van der Waals surface area contributed by atoms with E-state index >= 15 is 0 Å². The summed E-state index contributed by atoms with van der Waals surface area (Å²) in [4.78, 5) is 12.6. The molecule has 130 valence electrons. The molecule has 3 aliphatic rings. The van der Waals surface area contributed by atoms with Crippen molar-refractivity contribution in [2.24, 2.45) is 17.8 Å². The molecule has 6 heteroatoms. The van der Waals surface area contributed by atoms with Crippen LogP contribution in [0.2, 0.25) is 0 Å². The van der Waals surface area contributed by atoms with Crippen LogP contribution in [-0.2, 0) is 11.3 Å². The van der Waals surface area contributed by atoms with Crippen molar-refractivity contribution in [1.82, 2.24) is 9.78 Å². The Hall–Kier alpha value is -2.50. The molecule has 25 heavy (non-hydrogen) atoms. The highest BCUT2D eigenvalue weighted by Crippen LogP contribution is 2.55. The molecule has 2 fully saturated rings. The summed E-state index contributed by atoms with van der Waals surface area (Å²) in [6.07, 6.45) is 6.68. The minimum absolute atomic E-state index is 0.157. The van der Waals surface area contributed by atoms with E-state index in [9.17, 15) is 4.79 Å². The molecule has 1 aromatic carbocycles. The summed E-state index contributed by atoms with van der Waals surface area (Å²) in [7, 11) is 0. The number of anilines is 1. The lowest BCUT2D eigenvalue weighted by Crippen LogP contribution is -2.18. The second kappa shape index (κ2) is 5.79. The predicted molar refractivity (Wildman–Crippen MR) is 91.5 cm³/mol. The molecule has 0 spiro atoms. The molecule has 2 atom stereocenters. The summed E-state index contributed by atoms with van der Waals surface area (Å²) in [5, 5.41) is 7.45. The van der Waals surface area contributed by atoms with Gasteiger partial charge in [0.2, 0.25) is 12.7 Å². The SMILES string of the molecule is O=C(Nc1ccnn1Cc1ccc2c(c1)OCO2)C1[C@H]2CCCC[C@H]12. The van der Waals surface area contributed by atoms with Crippen molar-refractivity contribution in [2.45, 2.75) is 32.2 Å². The van der Waals surface area contributed by atoms with E-state index in [0.717, 1.165) is 22.9 Å². The molecule has 2 saturated carbocycles. The van der Waals surface area contributed by atoms with Crippen LogP contribution in [0, 0.1) is 17.8 Å². The molecular formula is C19H21N3O3. The van der Waals surface area contributed by atoms with E-state index in [1.807, 2.05) is 28.9 Å². The molecule has 0 saturated heterocycles. The van der Waals surface area contributed by atoms with Crippen LogP contribution in [0.15, 0.2) is 30.5 Å². The second-order valence-corrected chi connectivity index (χ2v) is 7.19. The van der Waals surface area contributed by atoms with Crippen molar-refractivity contribution in [2.75, 3.05) is 12.1 Å². The maximum atomic E-state index is 12.6. The number of hydrogen-bond donors (Lipinski definition) is 1. The van der Waals surface area contributed by atoms with Gasteiger partial charge in [-0.3, -0.25) is 4.79 Å². The van der Waals surface area contributed by atoms with Crippen molar-refractivity contribution in [1.29, 1.82) is 0 Å². The Morgan fingerprint density at radius 3 is 2.80 bits per heavy atom. The maximum absolute atomic E-state index is 12.6. The fourth-order valence-corrected chi connectivity index (χ4v) is 4.37. The monoisotopic (exact) mass is 339 g/mol. The number of ether oxygens (including phenoxy) is 2. The van der Waals surface area contributed by atoms with E-state index in [2.05, 4.69) is 10.4 Å². The minimum Gasteiger partial charge on any atom is -0.454 e. The molecule has 0 bridgehead atoms. The molecule has 2 heterocycles. The highest BCUT2D eigenvalue weighted by molar-refractivity contribution is 5.94. The van der Waals surface area contributed by atoms with Gasteiger partial charge < -0.3 is 14.8 Å². The Morgan fingerprint density at radius 1 is 1.16 bits per heavy atom. The van der Waals surface area contributed by atoms with E-state index in [4.69, 9.17) is 9.47 Å². The molecule has 5 rings (SSSR count). The highest BCUT2D eigenvalue weighted by atomic mass is 16.7. The summed E-state index contributed by atoms with van der Waals surface area (Å²) >= 11 is 0. The molecule has 0 radical (unpaired) electrons. The Balaban J connectivity index is 1.28. The Morgan fingerprint density at radius 2 is 1.96 bits per heavy atom. The van der Waals surface area contributed by atoms with Gasteiger partial charge >= 0.3 is 0 Å². The van der Waals surface area contributed by atoms with Gasteiger partial charge in [-0.25, -0.2) is 4.68 Å². The van der Waals surface area contributed by atoms with Gasteiger partial charge in [-0.1, -0.05) is 18.9 Å².